The van der Waals surface area contributed by atoms with Crippen LogP contribution in [0.5, 0.6) is 5.75 Å². The van der Waals surface area contributed by atoms with Crippen molar-refractivity contribution in [1.82, 2.24) is 0 Å². The average molecular weight is 422 g/mol. The van der Waals surface area contributed by atoms with Crippen molar-refractivity contribution in [3.8, 4) is 16.9 Å². The number of phenolic OH excluding ortho intramolecular Hbond substituents is 1. The number of phenols is 1. The van der Waals surface area contributed by atoms with E-state index in [0.29, 0.717) is 11.7 Å². The van der Waals surface area contributed by atoms with Crippen LogP contribution in [0.15, 0.2) is 96.7 Å². The summed E-state index contributed by atoms with van der Waals surface area (Å²) in [7, 11) is 0. The van der Waals surface area contributed by atoms with E-state index in [4.69, 9.17) is 0 Å². The summed E-state index contributed by atoms with van der Waals surface area (Å²) in [5.41, 5.74) is 10.5. The number of aryl methyl sites for hydroxylation is 1. The maximum Gasteiger partial charge on any atom is 0.116 e. The predicted octanol–water partition coefficient (Wildman–Crippen LogP) is 8.20. The molecule has 0 saturated heterocycles. The summed E-state index contributed by atoms with van der Waals surface area (Å²) in [5.74, 6) is 0.711. The Morgan fingerprint density at radius 1 is 0.969 bits per heavy atom. The van der Waals surface area contributed by atoms with Crippen LogP contribution < -0.4 is 4.90 Å². The second-order valence-corrected chi connectivity index (χ2v) is 8.75. The summed E-state index contributed by atoms with van der Waals surface area (Å²) < 4.78 is 0. The van der Waals surface area contributed by atoms with Crippen molar-refractivity contribution >= 4 is 11.4 Å². The maximum absolute atomic E-state index is 10.1. The summed E-state index contributed by atoms with van der Waals surface area (Å²) in [5, 5.41) is 10.1. The van der Waals surface area contributed by atoms with Gasteiger partial charge < -0.3 is 10.0 Å². The SMILES string of the molecule is C=C(/C=C\C(C)=C/C)N(c1ccc(C)cc1)c1ccc2c(c1)C(C)Cc1ccc(O)cc1-2. The molecule has 2 heteroatoms. The van der Waals surface area contributed by atoms with Crippen LogP contribution in [0.25, 0.3) is 11.1 Å². The first kappa shape index (κ1) is 21.7. The Morgan fingerprint density at radius 3 is 2.41 bits per heavy atom. The van der Waals surface area contributed by atoms with Gasteiger partial charge in [-0.1, -0.05) is 61.1 Å². The van der Waals surface area contributed by atoms with Crippen molar-refractivity contribution in [2.45, 2.75) is 40.0 Å². The molecule has 1 N–H and O–H groups in total. The molecule has 0 aromatic heterocycles. The molecule has 0 amide bonds. The molecule has 4 rings (SSSR count). The van der Waals surface area contributed by atoms with E-state index in [1.165, 1.54) is 27.8 Å². The van der Waals surface area contributed by atoms with Crippen LogP contribution in [0.3, 0.4) is 0 Å². The third-order valence-corrected chi connectivity index (χ3v) is 6.31. The Hall–Kier alpha value is -3.52. The number of fused-ring (bicyclic) bond motifs is 3. The molecule has 0 spiro atoms. The summed E-state index contributed by atoms with van der Waals surface area (Å²) in [6.45, 7) is 12.9. The van der Waals surface area contributed by atoms with E-state index >= 15 is 0 Å². The largest absolute Gasteiger partial charge is 0.508 e. The monoisotopic (exact) mass is 421 g/mol. The Morgan fingerprint density at radius 2 is 1.69 bits per heavy atom. The highest BCUT2D eigenvalue weighted by atomic mass is 16.3. The molecule has 0 saturated carbocycles. The van der Waals surface area contributed by atoms with Gasteiger partial charge in [0.05, 0.1) is 0 Å². The molecule has 1 aliphatic rings. The van der Waals surface area contributed by atoms with E-state index in [-0.39, 0.29) is 0 Å². The van der Waals surface area contributed by atoms with Crippen LogP contribution in [0.1, 0.15) is 43.4 Å². The van der Waals surface area contributed by atoms with Crippen molar-refractivity contribution in [3.63, 3.8) is 0 Å². The number of aromatic hydroxyl groups is 1. The van der Waals surface area contributed by atoms with E-state index in [9.17, 15) is 5.11 Å². The van der Waals surface area contributed by atoms with E-state index in [0.717, 1.165) is 29.1 Å². The zero-order valence-corrected chi connectivity index (χ0v) is 19.4. The van der Waals surface area contributed by atoms with E-state index in [1.54, 1.807) is 6.07 Å². The Kier molecular flexibility index (Phi) is 6.05. The maximum atomic E-state index is 10.1. The van der Waals surface area contributed by atoms with Gasteiger partial charge in [-0.15, -0.1) is 0 Å². The van der Waals surface area contributed by atoms with Gasteiger partial charge in [0.15, 0.2) is 0 Å². The van der Waals surface area contributed by atoms with Gasteiger partial charge in [0.2, 0.25) is 0 Å². The van der Waals surface area contributed by atoms with Crippen LogP contribution in [-0.4, -0.2) is 5.11 Å². The van der Waals surface area contributed by atoms with Gasteiger partial charge in [0.1, 0.15) is 5.75 Å². The lowest BCUT2D eigenvalue weighted by Gasteiger charge is -2.30. The van der Waals surface area contributed by atoms with Crippen LogP contribution in [0, 0.1) is 6.92 Å². The first-order valence-electron chi connectivity index (χ1n) is 11.2. The van der Waals surface area contributed by atoms with Crippen molar-refractivity contribution < 1.29 is 5.11 Å². The third kappa shape index (κ3) is 4.27. The highest BCUT2D eigenvalue weighted by Gasteiger charge is 2.24. The van der Waals surface area contributed by atoms with E-state index in [1.807, 2.05) is 19.1 Å². The van der Waals surface area contributed by atoms with Gasteiger partial charge >= 0.3 is 0 Å². The molecular weight excluding hydrogens is 390 g/mol. The highest BCUT2D eigenvalue weighted by Crippen LogP contribution is 2.43. The number of benzene rings is 3. The molecule has 32 heavy (non-hydrogen) atoms. The fraction of sp³-hybridized carbons (Fsp3) is 0.200. The minimum absolute atomic E-state index is 0.312. The molecule has 1 atom stereocenters. The molecule has 1 unspecified atom stereocenters. The third-order valence-electron chi connectivity index (χ3n) is 6.31. The number of hydrogen-bond donors (Lipinski definition) is 1. The standard InChI is InChI=1S/C30H31NO/c1-6-20(2)7-10-23(5)31(25-12-8-21(3)9-13-25)26-14-16-28-29(18-26)22(4)17-24-11-15-27(32)19-30(24)28/h6-16,18-19,22,32H,5,17H2,1-4H3/b10-7-,20-6-. The average Bonchev–Trinajstić information content (AvgIpc) is 2.79. The van der Waals surface area contributed by atoms with E-state index < -0.39 is 0 Å². The highest BCUT2D eigenvalue weighted by molar-refractivity contribution is 5.80. The molecule has 1 aliphatic carbocycles. The minimum Gasteiger partial charge on any atom is -0.508 e. The van der Waals surface area contributed by atoms with Crippen molar-refractivity contribution in [2.75, 3.05) is 4.90 Å². The molecule has 3 aromatic carbocycles. The number of allylic oxidation sites excluding steroid dienone is 4. The summed E-state index contributed by atoms with van der Waals surface area (Å²) in [6.07, 6.45) is 7.24. The lowest BCUT2D eigenvalue weighted by Crippen LogP contribution is -2.16. The second-order valence-electron chi connectivity index (χ2n) is 8.75. The van der Waals surface area contributed by atoms with Gasteiger partial charge in [0, 0.05) is 17.1 Å². The zero-order valence-electron chi connectivity index (χ0n) is 19.4. The van der Waals surface area contributed by atoms with Crippen molar-refractivity contribution in [3.05, 3.63) is 113 Å². The lowest BCUT2D eigenvalue weighted by molar-refractivity contribution is 0.475. The molecule has 0 fully saturated rings. The van der Waals surface area contributed by atoms with Gasteiger partial charge in [-0.2, -0.15) is 0 Å². The first-order chi connectivity index (χ1) is 15.4. The van der Waals surface area contributed by atoms with Crippen molar-refractivity contribution in [1.29, 1.82) is 0 Å². The fourth-order valence-corrected chi connectivity index (χ4v) is 4.35. The molecule has 3 aromatic rings. The summed E-state index contributed by atoms with van der Waals surface area (Å²) in [4.78, 5) is 2.21. The summed E-state index contributed by atoms with van der Waals surface area (Å²) >= 11 is 0. The number of rotatable bonds is 5. The molecule has 0 heterocycles. The summed E-state index contributed by atoms with van der Waals surface area (Å²) in [6, 6.07) is 20.9. The Balaban J connectivity index is 1.82. The van der Waals surface area contributed by atoms with Gasteiger partial charge in [-0.3, -0.25) is 0 Å². The fourth-order valence-electron chi connectivity index (χ4n) is 4.35. The number of nitrogens with zero attached hydrogens (tertiary/aromatic N) is 1. The molecule has 0 radical (unpaired) electrons. The Labute approximate surface area is 191 Å². The zero-order chi connectivity index (χ0) is 22.8. The van der Waals surface area contributed by atoms with Gasteiger partial charge in [-0.25, -0.2) is 0 Å². The molecule has 162 valence electrons. The van der Waals surface area contributed by atoms with Crippen LogP contribution in [0.2, 0.25) is 0 Å². The Bertz CT molecular complexity index is 1210. The number of anilines is 2. The van der Waals surface area contributed by atoms with Crippen LogP contribution >= 0.6 is 0 Å². The van der Waals surface area contributed by atoms with Crippen molar-refractivity contribution in [2.24, 2.45) is 0 Å². The van der Waals surface area contributed by atoms with E-state index in [2.05, 4.69) is 92.9 Å². The van der Waals surface area contributed by atoms with Gasteiger partial charge in [-0.05, 0) is 97.8 Å². The number of hydrogen-bond acceptors (Lipinski definition) is 2. The van der Waals surface area contributed by atoms with Crippen LogP contribution in [0.4, 0.5) is 11.4 Å². The molecule has 2 nitrogen and oxygen atoms in total. The van der Waals surface area contributed by atoms with Crippen LogP contribution in [-0.2, 0) is 6.42 Å². The predicted molar refractivity (Wildman–Crippen MR) is 137 cm³/mol. The smallest absolute Gasteiger partial charge is 0.116 e. The first-order valence-corrected chi connectivity index (χ1v) is 11.2. The quantitative estimate of drug-likeness (QED) is 0.420. The molecule has 0 bridgehead atoms. The second kappa shape index (κ2) is 8.92. The molecule has 0 aliphatic heterocycles. The molecular formula is C30H31NO. The normalized spacial score (nSPS) is 15.4. The lowest BCUT2D eigenvalue weighted by atomic mass is 9.79. The topological polar surface area (TPSA) is 23.5 Å². The van der Waals surface area contributed by atoms with Gasteiger partial charge in [0.25, 0.3) is 0 Å². The minimum atomic E-state index is 0.312.